The minimum atomic E-state index is -0.910. The summed E-state index contributed by atoms with van der Waals surface area (Å²) in [7, 11) is 0. The summed E-state index contributed by atoms with van der Waals surface area (Å²) < 4.78 is 0. The van der Waals surface area contributed by atoms with Crippen molar-refractivity contribution >= 4 is 12.3 Å². The second-order valence-electron chi connectivity index (χ2n) is 4.16. The lowest BCUT2D eigenvalue weighted by Crippen LogP contribution is -1.97. The van der Waals surface area contributed by atoms with Crippen LogP contribution in [0.5, 0.6) is 0 Å². The molecular weight excluding hydrogens is 168 g/mol. The minimum Gasteiger partial charge on any atom is -0.478 e. The van der Waals surface area contributed by atoms with E-state index in [0.717, 1.165) is 6.29 Å². The van der Waals surface area contributed by atoms with Gasteiger partial charge in [0.15, 0.2) is 0 Å². The first-order valence-electron chi connectivity index (χ1n) is 4.28. The maximum Gasteiger partial charge on any atom is 0.330 e. The van der Waals surface area contributed by atoms with Crippen molar-refractivity contribution in [2.45, 2.75) is 20.8 Å². The van der Waals surface area contributed by atoms with Crippen LogP contribution in [-0.2, 0) is 9.59 Å². The summed E-state index contributed by atoms with van der Waals surface area (Å²) in [6.45, 7) is 5.50. The van der Waals surface area contributed by atoms with Crippen molar-refractivity contribution in [3.63, 3.8) is 0 Å². The first-order chi connectivity index (χ1) is 5.91. The summed E-state index contributed by atoms with van der Waals surface area (Å²) in [4.78, 5) is 21.1. The van der Waals surface area contributed by atoms with E-state index >= 15 is 0 Å². The SMILES string of the molecule is C/C(=C\C1C(C=O)C1(C)C)C(=O)O. The number of hydrogen-bond acceptors (Lipinski definition) is 2. The van der Waals surface area contributed by atoms with E-state index in [0.29, 0.717) is 5.57 Å². The first kappa shape index (κ1) is 9.96. The smallest absolute Gasteiger partial charge is 0.330 e. The molecular formula is C10H14O3. The van der Waals surface area contributed by atoms with Gasteiger partial charge in [0.2, 0.25) is 0 Å². The van der Waals surface area contributed by atoms with Crippen LogP contribution in [0.3, 0.4) is 0 Å². The third-order valence-electron chi connectivity index (χ3n) is 2.91. The zero-order valence-corrected chi connectivity index (χ0v) is 8.07. The molecule has 0 aromatic carbocycles. The lowest BCUT2D eigenvalue weighted by molar-refractivity contribution is -0.132. The highest BCUT2D eigenvalue weighted by Crippen LogP contribution is 2.57. The number of carboxylic acids is 1. The van der Waals surface area contributed by atoms with Crippen molar-refractivity contribution in [1.29, 1.82) is 0 Å². The maximum atomic E-state index is 10.6. The van der Waals surface area contributed by atoms with Gasteiger partial charge in [0.25, 0.3) is 0 Å². The Morgan fingerprint density at radius 1 is 1.38 bits per heavy atom. The molecule has 3 nitrogen and oxygen atoms in total. The Balaban J connectivity index is 2.74. The van der Waals surface area contributed by atoms with Crippen LogP contribution < -0.4 is 0 Å². The molecule has 0 saturated heterocycles. The van der Waals surface area contributed by atoms with Gasteiger partial charge in [-0.3, -0.25) is 0 Å². The van der Waals surface area contributed by atoms with E-state index in [4.69, 9.17) is 5.11 Å². The molecule has 0 aromatic rings. The first-order valence-corrected chi connectivity index (χ1v) is 4.28. The van der Waals surface area contributed by atoms with Gasteiger partial charge in [-0.15, -0.1) is 0 Å². The van der Waals surface area contributed by atoms with Crippen LogP contribution in [-0.4, -0.2) is 17.4 Å². The number of aliphatic carboxylic acids is 1. The van der Waals surface area contributed by atoms with Crippen LogP contribution in [0.1, 0.15) is 20.8 Å². The van der Waals surface area contributed by atoms with Crippen LogP contribution >= 0.6 is 0 Å². The zero-order valence-electron chi connectivity index (χ0n) is 8.07. The van der Waals surface area contributed by atoms with Gasteiger partial charge in [-0.2, -0.15) is 0 Å². The van der Waals surface area contributed by atoms with E-state index < -0.39 is 5.97 Å². The van der Waals surface area contributed by atoms with Crippen LogP contribution in [0.25, 0.3) is 0 Å². The number of aldehydes is 1. The van der Waals surface area contributed by atoms with E-state index in [2.05, 4.69) is 0 Å². The lowest BCUT2D eigenvalue weighted by Gasteiger charge is -1.97. The zero-order chi connectivity index (χ0) is 10.2. The summed E-state index contributed by atoms with van der Waals surface area (Å²) in [6.07, 6.45) is 2.59. The molecule has 0 spiro atoms. The molecule has 1 saturated carbocycles. The molecule has 1 aliphatic carbocycles. The summed E-state index contributed by atoms with van der Waals surface area (Å²) in [6, 6.07) is 0. The normalized spacial score (nSPS) is 31.2. The Kier molecular flexibility index (Phi) is 2.28. The number of rotatable bonds is 3. The fourth-order valence-electron chi connectivity index (χ4n) is 1.64. The number of carbonyl (C=O) groups excluding carboxylic acids is 1. The highest BCUT2D eigenvalue weighted by molar-refractivity contribution is 5.86. The number of allylic oxidation sites excluding steroid dienone is 1. The Hall–Kier alpha value is -1.12. The van der Waals surface area contributed by atoms with Gasteiger partial charge in [0.1, 0.15) is 6.29 Å². The Labute approximate surface area is 77.4 Å². The predicted octanol–water partition coefficient (Wildman–Crippen LogP) is 1.49. The van der Waals surface area contributed by atoms with Gasteiger partial charge in [-0.25, -0.2) is 4.79 Å². The molecule has 1 aliphatic rings. The summed E-state index contributed by atoms with van der Waals surface area (Å²) in [5.74, 6) is -0.824. The van der Waals surface area contributed by atoms with E-state index in [1.807, 2.05) is 13.8 Å². The van der Waals surface area contributed by atoms with Gasteiger partial charge >= 0.3 is 5.97 Å². The van der Waals surface area contributed by atoms with E-state index in [1.165, 1.54) is 0 Å². The highest BCUT2D eigenvalue weighted by atomic mass is 16.4. The molecule has 0 heterocycles. The molecule has 0 amide bonds. The van der Waals surface area contributed by atoms with Gasteiger partial charge in [-0.1, -0.05) is 19.9 Å². The third kappa shape index (κ3) is 1.64. The Morgan fingerprint density at radius 2 is 1.92 bits per heavy atom. The predicted molar refractivity (Wildman–Crippen MR) is 48.2 cm³/mol. The molecule has 1 rings (SSSR count). The molecule has 0 bridgehead atoms. The van der Waals surface area contributed by atoms with Gasteiger partial charge in [-0.05, 0) is 18.3 Å². The summed E-state index contributed by atoms with van der Waals surface area (Å²) in [5, 5.41) is 8.63. The Morgan fingerprint density at radius 3 is 2.23 bits per heavy atom. The molecule has 0 radical (unpaired) electrons. The fourth-order valence-corrected chi connectivity index (χ4v) is 1.64. The molecule has 13 heavy (non-hydrogen) atoms. The van der Waals surface area contributed by atoms with Crippen molar-refractivity contribution in [2.75, 3.05) is 0 Å². The average Bonchev–Trinajstić information content (AvgIpc) is 2.52. The van der Waals surface area contributed by atoms with E-state index in [1.54, 1.807) is 13.0 Å². The van der Waals surface area contributed by atoms with Gasteiger partial charge < -0.3 is 9.90 Å². The van der Waals surface area contributed by atoms with Crippen molar-refractivity contribution < 1.29 is 14.7 Å². The average molecular weight is 182 g/mol. The minimum absolute atomic E-state index is 0.0122. The number of carbonyl (C=O) groups is 2. The molecule has 1 fully saturated rings. The molecule has 0 aliphatic heterocycles. The largest absolute Gasteiger partial charge is 0.478 e. The van der Waals surface area contributed by atoms with E-state index in [-0.39, 0.29) is 17.3 Å². The Bertz CT molecular complexity index is 276. The molecule has 2 unspecified atom stereocenters. The van der Waals surface area contributed by atoms with Crippen LogP contribution in [0.2, 0.25) is 0 Å². The lowest BCUT2D eigenvalue weighted by atomic mass is 10.1. The van der Waals surface area contributed by atoms with E-state index in [9.17, 15) is 9.59 Å². The van der Waals surface area contributed by atoms with Crippen molar-refractivity contribution in [1.82, 2.24) is 0 Å². The second-order valence-corrected chi connectivity index (χ2v) is 4.16. The standard InChI is InChI=1S/C10H14O3/c1-6(9(12)13)4-7-8(5-11)10(7,2)3/h4-5,7-8H,1-3H3,(H,12,13)/b6-4+. The molecule has 72 valence electrons. The van der Waals surface area contributed by atoms with Crippen LogP contribution in [0.15, 0.2) is 11.6 Å². The van der Waals surface area contributed by atoms with Gasteiger partial charge in [0.05, 0.1) is 0 Å². The third-order valence-corrected chi connectivity index (χ3v) is 2.91. The highest BCUT2D eigenvalue weighted by Gasteiger charge is 2.56. The maximum absolute atomic E-state index is 10.6. The number of carboxylic acid groups (broad SMARTS) is 1. The monoisotopic (exact) mass is 182 g/mol. The second kappa shape index (κ2) is 2.98. The fraction of sp³-hybridized carbons (Fsp3) is 0.600. The number of hydrogen-bond donors (Lipinski definition) is 1. The molecule has 1 N–H and O–H groups in total. The summed E-state index contributed by atoms with van der Waals surface area (Å²) >= 11 is 0. The van der Waals surface area contributed by atoms with Crippen molar-refractivity contribution in [2.24, 2.45) is 17.3 Å². The molecule has 0 aromatic heterocycles. The molecule has 3 heteroatoms. The van der Waals surface area contributed by atoms with Crippen molar-refractivity contribution in [3.05, 3.63) is 11.6 Å². The topological polar surface area (TPSA) is 54.4 Å². The summed E-state index contributed by atoms with van der Waals surface area (Å²) in [5.41, 5.74) is 0.265. The van der Waals surface area contributed by atoms with Crippen LogP contribution in [0.4, 0.5) is 0 Å². The van der Waals surface area contributed by atoms with Crippen LogP contribution in [0, 0.1) is 17.3 Å². The van der Waals surface area contributed by atoms with Crippen molar-refractivity contribution in [3.8, 4) is 0 Å². The molecule has 2 atom stereocenters. The quantitative estimate of drug-likeness (QED) is 0.531. The van der Waals surface area contributed by atoms with Gasteiger partial charge in [0, 0.05) is 11.5 Å².